The number of hydrogen-bond donors (Lipinski definition) is 0. The second-order valence-corrected chi connectivity index (χ2v) is 5.84. The van der Waals surface area contributed by atoms with Crippen molar-refractivity contribution < 1.29 is 0 Å². The molecular formula is C13H15N5S. The first-order valence-electron chi connectivity index (χ1n) is 5.99. The van der Waals surface area contributed by atoms with Crippen molar-refractivity contribution in [1.29, 1.82) is 0 Å². The molecule has 3 aromatic rings. The molecule has 0 N–H and O–H groups in total. The number of pyridine rings is 1. The largest absolute Gasteiger partial charge is 0.347 e. The van der Waals surface area contributed by atoms with Gasteiger partial charge in [-0.2, -0.15) is 0 Å². The maximum Gasteiger partial charge on any atom is 0.226 e. The topological polar surface area (TPSA) is 46.8 Å². The van der Waals surface area contributed by atoms with Crippen molar-refractivity contribution in [2.75, 3.05) is 19.0 Å². The maximum atomic E-state index is 4.29. The van der Waals surface area contributed by atoms with E-state index in [0.29, 0.717) is 0 Å². The lowest BCUT2D eigenvalue weighted by atomic mass is 10.2. The zero-order chi connectivity index (χ0) is 13.6. The fourth-order valence-corrected chi connectivity index (χ4v) is 3.26. The van der Waals surface area contributed by atoms with E-state index in [4.69, 9.17) is 0 Å². The molecule has 0 spiro atoms. The number of rotatable bonds is 2. The van der Waals surface area contributed by atoms with Crippen molar-refractivity contribution in [3.05, 3.63) is 24.0 Å². The summed E-state index contributed by atoms with van der Waals surface area (Å²) in [5.74, 6) is 1.74. The lowest BCUT2D eigenvalue weighted by molar-refractivity contribution is 0.874. The summed E-state index contributed by atoms with van der Waals surface area (Å²) in [6, 6.07) is 2.17. The number of fused-ring (bicyclic) bond motifs is 1. The minimum absolute atomic E-state index is 0.849. The Kier molecular flexibility index (Phi) is 2.74. The molecule has 6 heteroatoms. The van der Waals surface area contributed by atoms with Crippen LogP contribution in [0, 0.1) is 6.92 Å². The molecule has 3 aromatic heterocycles. The smallest absolute Gasteiger partial charge is 0.226 e. The van der Waals surface area contributed by atoms with Gasteiger partial charge >= 0.3 is 0 Å². The Balaban J connectivity index is 2.17. The van der Waals surface area contributed by atoms with Gasteiger partial charge in [0.05, 0.1) is 9.58 Å². The van der Waals surface area contributed by atoms with Gasteiger partial charge < -0.3 is 4.90 Å². The van der Waals surface area contributed by atoms with Crippen LogP contribution >= 0.6 is 11.3 Å². The summed E-state index contributed by atoms with van der Waals surface area (Å²) < 4.78 is 3.19. The standard InChI is InChI=1S/C13H15N5S/c1-8-6-14-7-11-9(8)5-10(19-11)12-15-16-13(17(2)3)18(12)4/h5-7H,1-4H3. The van der Waals surface area contributed by atoms with E-state index in [2.05, 4.69) is 28.2 Å². The second kappa shape index (κ2) is 4.31. The summed E-state index contributed by atoms with van der Waals surface area (Å²) in [5, 5.41) is 9.75. The second-order valence-electron chi connectivity index (χ2n) is 4.76. The summed E-state index contributed by atoms with van der Waals surface area (Å²) in [5.41, 5.74) is 1.19. The lowest BCUT2D eigenvalue weighted by Crippen LogP contribution is -2.14. The molecule has 0 saturated heterocycles. The van der Waals surface area contributed by atoms with Gasteiger partial charge in [-0.05, 0) is 23.9 Å². The highest BCUT2D eigenvalue weighted by molar-refractivity contribution is 7.22. The van der Waals surface area contributed by atoms with Crippen LogP contribution in [0.15, 0.2) is 18.5 Å². The molecule has 5 nitrogen and oxygen atoms in total. The fraction of sp³-hybridized carbons (Fsp3) is 0.308. The summed E-state index contributed by atoms with van der Waals surface area (Å²) in [6.45, 7) is 2.08. The van der Waals surface area contributed by atoms with E-state index in [-0.39, 0.29) is 0 Å². The molecular weight excluding hydrogens is 258 g/mol. The quantitative estimate of drug-likeness (QED) is 0.719. The van der Waals surface area contributed by atoms with Crippen molar-refractivity contribution in [3.8, 4) is 10.7 Å². The molecule has 0 atom stereocenters. The van der Waals surface area contributed by atoms with E-state index in [1.165, 1.54) is 15.6 Å². The Bertz CT molecular complexity index is 741. The van der Waals surface area contributed by atoms with Crippen LogP contribution in [0.4, 0.5) is 5.95 Å². The van der Waals surface area contributed by atoms with Gasteiger partial charge in [0.15, 0.2) is 5.82 Å². The first-order chi connectivity index (χ1) is 9.08. The highest BCUT2D eigenvalue weighted by atomic mass is 32.1. The number of hydrogen-bond acceptors (Lipinski definition) is 5. The molecule has 0 aliphatic rings. The zero-order valence-electron chi connectivity index (χ0n) is 11.4. The third-order valence-electron chi connectivity index (χ3n) is 3.12. The van der Waals surface area contributed by atoms with Gasteiger partial charge in [0.25, 0.3) is 0 Å². The average molecular weight is 273 g/mol. The van der Waals surface area contributed by atoms with E-state index >= 15 is 0 Å². The Hall–Kier alpha value is -1.95. The fourth-order valence-electron chi connectivity index (χ4n) is 2.13. The van der Waals surface area contributed by atoms with Crippen LogP contribution in [-0.2, 0) is 7.05 Å². The van der Waals surface area contributed by atoms with Crippen LogP contribution < -0.4 is 4.90 Å². The van der Waals surface area contributed by atoms with E-state index in [1.807, 2.05) is 43.0 Å². The predicted molar refractivity (Wildman–Crippen MR) is 78.7 cm³/mol. The molecule has 98 valence electrons. The van der Waals surface area contributed by atoms with Gasteiger partial charge in [-0.1, -0.05) is 0 Å². The zero-order valence-corrected chi connectivity index (χ0v) is 12.2. The number of aryl methyl sites for hydroxylation is 1. The molecule has 0 aromatic carbocycles. The Labute approximate surface area is 115 Å². The summed E-state index contributed by atoms with van der Waals surface area (Å²) in [7, 11) is 5.92. The van der Waals surface area contributed by atoms with E-state index in [0.717, 1.165) is 16.6 Å². The van der Waals surface area contributed by atoms with Crippen LogP contribution in [0.25, 0.3) is 20.8 Å². The van der Waals surface area contributed by atoms with Crippen LogP contribution in [0.5, 0.6) is 0 Å². The van der Waals surface area contributed by atoms with Crippen molar-refractivity contribution >= 4 is 27.4 Å². The van der Waals surface area contributed by atoms with Crippen LogP contribution in [-0.4, -0.2) is 33.8 Å². The van der Waals surface area contributed by atoms with E-state index < -0.39 is 0 Å². The minimum atomic E-state index is 0.849. The molecule has 0 unspecified atom stereocenters. The Morgan fingerprint density at radius 1 is 1.21 bits per heavy atom. The van der Waals surface area contributed by atoms with Crippen molar-refractivity contribution in [2.45, 2.75) is 6.92 Å². The maximum absolute atomic E-state index is 4.29. The highest BCUT2D eigenvalue weighted by Crippen LogP contribution is 2.34. The van der Waals surface area contributed by atoms with Crippen molar-refractivity contribution in [2.24, 2.45) is 7.05 Å². The number of nitrogens with zero attached hydrogens (tertiary/aromatic N) is 5. The van der Waals surface area contributed by atoms with Crippen LogP contribution in [0.3, 0.4) is 0 Å². The van der Waals surface area contributed by atoms with E-state index in [9.17, 15) is 0 Å². The van der Waals surface area contributed by atoms with Gasteiger partial charge in [0.1, 0.15) is 0 Å². The summed E-state index contributed by atoms with van der Waals surface area (Å²) >= 11 is 1.70. The number of thiophene rings is 1. The SMILES string of the molecule is Cc1cncc2sc(-c3nnc(N(C)C)n3C)cc12. The summed E-state index contributed by atoms with van der Waals surface area (Å²) in [6.07, 6.45) is 3.79. The van der Waals surface area contributed by atoms with Gasteiger partial charge in [-0.3, -0.25) is 9.55 Å². The van der Waals surface area contributed by atoms with Gasteiger partial charge in [0.2, 0.25) is 5.95 Å². The molecule has 19 heavy (non-hydrogen) atoms. The normalized spacial score (nSPS) is 11.2. The molecule has 3 heterocycles. The minimum Gasteiger partial charge on any atom is -0.347 e. The van der Waals surface area contributed by atoms with Crippen LogP contribution in [0.2, 0.25) is 0 Å². The number of aromatic nitrogens is 4. The Morgan fingerprint density at radius 3 is 2.63 bits per heavy atom. The van der Waals surface area contributed by atoms with Crippen molar-refractivity contribution in [3.63, 3.8) is 0 Å². The molecule has 3 rings (SSSR count). The van der Waals surface area contributed by atoms with Crippen molar-refractivity contribution in [1.82, 2.24) is 19.7 Å². The predicted octanol–water partition coefficient (Wildman–Crippen LogP) is 2.47. The Morgan fingerprint density at radius 2 is 2.00 bits per heavy atom. The first kappa shape index (κ1) is 12.1. The molecule has 0 saturated carbocycles. The molecule has 0 radical (unpaired) electrons. The molecule has 0 amide bonds. The molecule has 0 aliphatic carbocycles. The average Bonchev–Trinajstić information content (AvgIpc) is 2.93. The first-order valence-corrected chi connectivity index (χ1v) is 6.81. The third kappa shape index (κ3) is 1.88. The van der Waals surface area contributed by atoms with Gasteiger partial charge in [-0.15, -0.1) is 21.5 Å². The third-order valence-corrected chi connectivity index (χ3v) is 4.18. The van der Waals surface area contributed by atoms with E-state index in [1.54, 1.807) is 11.3 Å². The molecule has 0 aliphatic heterocycles. The number of anilines is 1. The highest BCUT2D eigenvalue weighted by Gasteiger charge is 2.15. The summed E-state index contributed by atoms with van der Waals surface area (Å²) in [4.78, 5) is 7.31. The van der Waals surface area contributed by atoms with Gasteiger partial charge in [-0.25, -0.2) is 0 Å². The molecule has 0 fully saturated rings. The monoisotopic (exact) mass is 273 g/mol. The lowest BCUT2D eigenvalue weighted by Gasteiger charge is -2.10. The van der Waals surface area contributed by atoms with Crippen LogP contribution in [0.1, 0.15) is 5.56 Å². The van der Waals surface area contributed by atoms with Gasteiger partial charge in [0, 0.05) is 33.5 Å². The molecule has 0 bridgehead atoms.